The number of rotatable bonds is 2. The smallest absolute Gasteiger partial charge is 0.112 e. The Kier molecular flexibility index (Phi) is 2.70. The average Bonchev–Trinajstić information content (AvgIpc) is 2.54. The third-order valence-corrected chi connectivity index (χ3v) is 3.17. The third kappa shape index (κ3) is 1.74. The van der Waals surface area contributed by atoms with Gasteiger partial charge in [-0.2, -0.15) is 0 Å². The lowest BCUT2D eigenvalue weighted by Crippen LogP contribution is -2.01. The number of fused-ring (bicyclic) bond motifs is 1. The maximum absolute atomic E-state index is 5.94. The molecule has 0 N–H and O–H groups in total. The van der Waals surface area contributed by atoms with Crippen LogP contribution in [0.1, 0.15) is 32.0 Å². The van der Waals surface area contributed by atoms with E-state index in [4.69, 9.17) is 11.6 Å². The monoisotopic (exact) mass is 222 g/mol. The Bertz CT molecular complexity index is 488. The van der Waals surface area contributed by atoms with Crippen molar-refractivity contribution >= 4 is 22.6 Å². The Labute approximate surface area is 94.9 Å². The van der Waals surface area contributed by atoms with E-state index in [0.29, 0.717) is 5.92 Å². The summed E-state index contributed by atoms with van der Waals surface area (Å²) >= 11 is 5.94. The molecule has 1 aromatic carbocycles. The molecule has 0 spiro atoms. The molecule has 0 saturated carbocycles. The van der Waals surface area contributed by atoms with E-state index in [-0.39, 0.29) is 0 Å². The standard InChI is InChI=1S/C12H15ClN2/c1-4-8(2)12-14-10-7-9(13)5-6-11(10)15(12)3/h5-8H,4H2,1-3H3. The first-order valence-corrected chi connectivity index (χ1v) is 5.63. The van der Waals surface area contributed by atoms with Gasteiger partial charge < -0.3 is 4.57 Å². The molecule has 0 fully saturated rings. The highest BCUT2D eigenvalue weighted by Crippen LogP contribution is 2.24. The summed E-state index contributed by atoms with van der Waals surface area (Å²) in [6.07, 6.45) is 1.10. The van der Waals surface area contributed by atoms with E-state index in [1.165, 1.54) is 0 Å². The molecule has 0 bridgehead atoms. The molecule has 15 heavy (non-hydrogen) atoms. The fraction of sp³-hybridized carbons (Fsp3) is 0.417. The van der Waals surface area contributed by atoms with E-state index in [2.05, 4.69) is 30.4 Å². The Morgan fingerprint density at radius 1 is 1.47 bits per heavy atom. The second-order valence-corrected chi connectivity index (χ2v) is 4.41. The quantitative estimate of drug-likeness (QED) is 0.757. The van der Waals surface area contributed by atoms with Crippen molar-refractivity contribution in [3.05, 3.63) is 29.0 Å². The minimum absolute atomic E-state index is 0.487. The van der Waals surface area contributed by atoms with Crippen molar-refractivity contribution in [3.8, 4) is 0 Å². The molecule has 1 heterocycles. The fourth-order valence-corrected chi connectivity index (χ4v) is 1.98. The van der Waals surface area contributed by atoms with Gasteiger partial charge in [0.25, 0.3) is 0 Å². The number of aromatic nitrogens is 2. The highest BCUT2D eigenvalue weighted by atomic mass is 35.5. The Balaban J connectivity index is 2.63. The molecule has 0 aliphatic heterocycles. The molecule has 1 unspecified atom stereocenters. The predicted molar refractivity (Wildman–Crippen MR) is 64.4 cm³/mol. The maximum Gasteiger partial charge on any atom is 0.112 e. The maximum atomic E-state index is 5.94. The topological polar surface area (TPSA) is 17.8 Å². The molecule has 0 aliphatic rings. The third-order valence-electron chi connectivity index (χ3n) is 2.93. The van der Waals surface area contributed by atoms with Gasteiger partial charge in [-0.3, -0.25) is 0 Å². The molecule has 2 rings (SSSR count). The summed E-state index contributed by atoms with van der Waals surface area (Å²) in [4.78, 5) is 4.62. The fourth-order valence-electron chi connectivity index (χ4n) is 1.81. The number of benzene rings is 1. The van der Waals surface area contributed by atoms with Crippen LogP contribution in [0.4, 0.5) is 0 Å². The Hall–Kier alpha value is -1.02. The van der Waals surface area contributed by atoms with Crippen molar-refractivity contribution in [3.63, 3.8) is 0 Å². The van der Waals surface area contributed by atoms with Crippen LogP contribution < -0.4 is 0 Å². The van der Waals surface area contributed by atoms with Gasteiger partial charge >= 0.3 is 0 Å². The van der Waals surface area contributed by atoms with Crippen LogP contribution in [0, 0.1) is 0 Å². The van der Waals surface area contributed by atoms with Gasteiger partial charge in [0.15, 0.2) is 0 Å². The molecule has 0 saturated heterocycles. The van der Waals surface area contributed by atoms with Crippen LogP contribution >= 0.6 is 11.6 Å². The zero-order valence-corrected chi connectivity index (χ0v) is 10.0. The van der Waals surface area contributed by atoms with Crippen LogP contribution in [-0.4, -0.2) is 9.55 Å². The normalized spacial score (nSPS) is 13.3. The summed E-state index contributed by atoms with van der Waals surface area (Å²) < 4.78 is 2.15. The van der Waals surface area contributed by atoms with Crippen molar-refractivity contribution in [2.24, 2.45) is 7.05 Å². The highest BCUT2D eigenvalue weighted by Gasteiger charge is 2.12. The van der Waals surface area contributed by atoms with E-state index in [1.807, 2.05) is 18.2 Å². The summed E-state index contributed by atoms with van der Waals surface area (Å²) in [6, 6.07) is 5.85. The van der Waals surface area contributed by atoms with E-state index in [0.717, 1.165) is 28.3 Å². The van der Waals surface area contributed by atoms with Gasteiger partial charge in [0.1, 0.15) is 5.82 Å². The lowest BCUT2D eigenvalue weighted by molar-refractivity contribution is 0.649. The van der Waals surface area contributed by atoms with Gasteiger partial charge in [-0.1, -0.05) is 25.4 Å². The number of nitrogens with zero attached hydrogens (tertiary/aromatic N) is 2. The zero-order valence-electron chi connectivity index (χ0n) is 9.29. The minimum atomic E-state index is 0.487. The molecule has 0 aliphatic carbocycles. The summed E-state index contributed by atoms with van der Waals surface area (Å²) in [5.74, 6) is 1.62. The first-order valence-electron chi connectivity index (χ1n) is 5.25. The number of hydrogen-bond donors (Lipinski definition) is 0. The molecule has 0 amide bonds. The van der Waals surface area contributed by atoms with Crippen LogP contribution in [0.2, 0.25) is 5.02 Å². The average molecular weight is 223 g/mol. The molecule has 1 aromatic heterocycles. The van der Waals surface area contributed by atoms with Crippen molar-refractivity contribution in [1.82, 2.24) is 9.55 Å². The number of aryl methyl sites for hydroxylation is 1. The van der Waals surface area contributed by atoms with Crippen LogP contribution in [0.5, 0.6) is 0 Å². The van der Waals surface area contributed by atoms with Gasteiger partial charge in [-0.25, -0.2) is 4.98 Å². The van der Waals surface area contributed by atoms with Gasteiger partial charge in [0.05, 0.1) is 11.0 Å². The second kappa shape index (κ2) is 3.86. The van der Waals surface area contributed by atoms with E-state index >= 15 is 0 Å². The lowest BCUT2D eigenvalue weighted by Gasteiger charge is -2.07. The van der Waals surface area contributed by atoms with Crippen LogP contribution in [0.3, 0.4) is 0 Å². The van der Waals surface area contributed by atoms with E-state index in [1.54, 1.807) is 0 Å². The first-order chi connectivity index (χ1) is 7.13. The summed E-state index contributed by atoms with van der Waals surface area (Å²) in [7, 11) is 2.06. The van der Waals surface area contributed by atoms with Crippen LogP contribution in [0.15, 0.2) is 18.2 Å². The SMILES string of the molecule is CCC(C)c1nc2cc(Cl)ccc2n1C. The summed E-state index contributed by atoms with van der Waals surface area (Å²) in [5, 5.41) is 0.747. The number of imidazole rings is 1. The van der Waals surface area contributed by atoms with Crippen molar-refractivity contribution in [1.29, 1.82) is 0 Å². The molecular weight excluding hydrogens is 208 g/mol. The molecular formula is C12H15ClN2. The Morgan fingerprint density at radius 2 is 2.20 bits per heavy atom. The van der Waals surface area contributed by atoms with Crippen LogP contribution in [-0.2, 0) is 7.05 Å². The van der Waals surface area contributed by atoms with Gasteiger partial charge in [-0.05, 0) is 24.6 Å². The minimum Gasteiger partial charge on any atom is -0.331 e. The van der Waals surface area contributed by atoms with Crippen LogP contribution in [0.25, 0.3) is 11.0 Å². The van der Waals surface area contributed by atoms with Gasteiger partial charge in [0.2, 0.25) is 0 Å². The number of hydrogen-bond acceptors (Lipinski definition) is 1. The summed E-state index contributed by atoms with van der Waals surface area (Å²) in [5.41, 5.74) is 2.13. The van der Waals surface area contributed by atoms with E-state index < -0.39 is 0 Å². The predicted octanol–water partition coefficient (Wildman–Crippen LogP) is 3.74. The van der Waals surface area contributed by atoms with Crippen molar-refractivity contribution in [2.75, 3.05) is 0 Å². The molecule has 0 radical (unpaired) electrons. The van der Waals surface area contributed by atoms with Crippen molar-refractivity contribution < 1.29 is 0 Å². The number of halogens is 1. The largest absolute Gasteiger partial charge is 0.331 e. The van der Waals surface area contributed by atoms with Crippen molar-refractivity contribution in [2.45, 2.75) is 26.2 Å². The van der Waals surface area contributed by atoms with Gasteiger partial charge in [-0.15, -0.1) is 0 Å². The second-order valence-electron chi connectivity index (χ2n) is 3.97. The molecule has 1 atom stereocenters. The first kappa shape index (κ1) is 10.5. The molecule has 2 nitrogen and oxygen atoms in total. The summed E-state index contributed by atoms with van der Waals surface area (Å²) in [6.45, 7) is 4.37. The zero-order chi connectivity index (χ0) is 11.0. The van der Waals surface area contributed by atoms with Gasteiger partial charge in [0, 0.05) is 18.0 Å². The lowest BCUT2D eigenvalue weighted by atomic mass is 10.1. The molecule has 80 valence electrons. The molecule has 2 aromatic rings. The highest BCUT2D eigenvalue weighted by molar-refractivity contribution is 6.31. The van der Waals surface area contributed by atoms with E-state index in [9.17, 15) is 0 Å². The molecule has 3 heteroatoms. The Morgan fingerprint density at radius 3 is 2.87 bits per heavy atom.